The standard InChI is InChI=1S/C10H15N3O2/c1-7-2-3-15-9(7)10(14)11-4-8-5-12-13-6-8/h5-7,9H,2-4H2,1H3,(H,11,14)(H,12,13). The van der Waals surface area contributed by atoms with Crippen molar-refractivity contribution in [3.05, 3.63) is 18.0 Å². The Morgan fingerprint density at radius 2 is 2.67 bits per heavy atom. The number of carbonyl (C=O) groups is 1. The molecule has 82 valence electrons. The third-order valence-electron chi connectivity index (χ3n) is 2.67. The molecule has 5 heteroatoms. The minimum absolute atomic E-state index is 0.0267. The summed E-state index contributed by atoms with van der Waals surface area (Å²) in [5, 5.41) is 9.34. The zero-order valence-corrected chi connectivity index (χ0v) is 8.69. The summed E-state index contributed by atoms with van der Waals surface area (Å²) in [7, 11) is 0. The number of carbonyl (C=O) groups excluding carboxylic acids is 1. The fraction of sp³-hybridized carbons (Fsp3) is 0.600. The van der Waals surface area contributed by atoms with E-state index in [1.165, 1.54) is 0 Å². The number of H-pyrrole nitrogens is 1. The van der Waals surface area contributed by atoms with Crippen LogP contribution < -0.4 is 5.32 Å². The normalized spacial score (nSPS) is 25.4. The van der Waals surface area contributed by atoms with Gasteiger partial charge in [0.05, 0.1) is 6.20 Å². The first-order valence-corrected chi connectivity index (χ1v) is 5.14. The van der Waals surface area contributed by atoms with Crippen molar-refractivity contribution in [2.75, 3.05) is 6.61 Å². The molecule has 0 aliphatic carbocycles. The number of amides is 1. The fourth-order valence-electron chi connectivity index (χ4n) is 1.69. The Hall–Kier alpha value is -1.36. The van der Waals surface area contributed by atoms with Crippen molar-refractivity contribution in [1.82, 2.24) is 15.5 Å². The molecule has 1 aromatic heterocycles. The molecule has 0 bridgehead atoms. The highest BCUT2D eigenvalue weighted by Crippen LogP contribution is 2.19. The van der Waals surface area contributed by atoms with Crippen molar-refractivity contribution < 1.29 is 9.53 Å². The van der Waals surface area contributed by atoms with Gasteiger partial charge in [0.1, 0.15) is 6.10 Å². The van der Waals surface area contributed by atoms with Crippen LogP contribution in [-0.2, 0) is 16.1 Å². The maximum Gasteiger partial charge on any atom is 0.249 e. The van der Waals surface area contributed by atoms with Crippen molar-refractivity contribution in [2.24, 2.45) is 5.92 Å². The summed E-state index contributed by atoms with van der Waals surface area (Å²) < 4.78 is 5.36. The average molecular weight is 209 g/mol. The van der Waals surface area contributed by atoms with E-state index in [4.69, 9.17) is 4.74 Å². The molecular formula is C10H15N3O2. The van der Waals surface area contributed by atoms with Crippen LogP contribution in [0.4, 0.5) is 0 Å². The van der Waals surface area contributed by atoms with Crippen molar-refractivity contribution in [2.45, 2.75) is 26.0 Å². The molecule has 1 aromatic rings. The molecule has 2 atom stereocenters. The second-order valence-electron chi connectivity index (χ2n) is 3.88. The lowest BCUT2D eigenvalue weighted by Crippen LogP contribution is -2.36. The SMILES string of the molecule is CC1CCOC1C(=O)NCc1cn[nH]c1. The minimum atomic E-state index is -0.281. The quantitative estimate of drug-likeness (QED) is 0.759. The Morgan fingerprint density at radius 3 is 3.27 bits per heavy atom. The predicted molar refractivity (Wildman–Crippen MR) is 54.0 cm³/mol. The molecule has 5 nitrogen and oxygen atoms in total. The summed E-state index contributed by atoms with van der Waals surface area (Å²) in [6.07, 6.45) is 4.14. The van der Waals surface area contributed by atoms with Gasteiger partial charge in [-0.1, -0.05) is 6.92 Å². The van der Waals surface area contributed by atoms with E-state index in [-0.39, 0.29) is 12.0 Å². The maximum absolute atomic E-state index is 11.7. The Morgan fingerprint density at radius 1 is 1.80 bits per heavy atom. The lowest BCUT2D eigenvalue weighted by Gasteiger charge is -2.13. The summed E-state index contributed by atoms with van der Waals surface area (Å²) in [5.74, 6) is 0.288. The van der Waals surface area contributed by atoms with E-state index in [1.54, 1.807) is 12.4 Å². The Labute approximate surface area is 88.2 Å². The molecule has 1 aliphatic rings. The van der Waals surface area contributed by atoms with Gasteiger partial charge in [-0.2, -0.15) is 5.10 Å². The van der Waals surface area contributed by atoms with Gasteiger partial charge in [0.2, 0.25) is 5.91 Å². The summed E-state index contributed by atoms with van der Waals surface area (Å²) >= 11 is 0. The van der Waals surface area contributed by atoms with E-state index in [1.807, 2.05) is 6.92 Å². The van der Waals surface area contributed by atoms with E-state index >= 15 is 0 Å². The molecule has 2 rings (SSSR count). The number of ether oxygens (including phenoxy) is 1. The molecular weight excluding hydrogens is 194 g/mol. The van der Waals surface area contributed by atoms with Gasteiger partial charge in [-0.05, 0) is 12.3 Å². The first-order chi connectivity index (χ1) is 7.27. The molecule has 1 amide bonds. The number of hydrogen-bond acceptors (Lipinski definition) is 3. The molecule has 0 radical (unpaired) electrons. The molecule has 1 aliphatic heterocycles. The second kappa shape index (κ2) is 4.44. The van der Waals surface area contributed by atoms with Gasteiger partial charge < -0.3 is 10.1 Å². The number of aromatic nitrogens is 2. The zero-order chi connectivity index (χ0) is 10.7. The second-order valence-corrected chi connectivity index (χ2v) is 3.88. The highest BCUT2D eigenvalue weighted by atomic mass is 16.5. The Bertz CT molecular complexity index is 323. The van der Waals surface area contributed by atoms with Gasteiger partial charge in [-0.15, -0.1) is 0 Å². The molecule has 2 heterocycles. The van der Waals surface area contributed by atoms with Crippen LogP contribution in [0.15, 0.2) is 12.4 Å². The molecule has 0 spiro atoms. The van der Waals surface area contributed by atoms with Gasteiger partial charge in [0.25, 0.3) is 0 Å². The van der Waals surface area contributed by atoms with E-state index in [2.05, 4.69) is 15.5 Å². The Kier molecular flexibility index (Phi) is 3.01. The third kappa shape index (κ3) is 2.36. The van der Waals surface area contributed by atoms with Gasteiger partial charge >= 0.3 is 0 Å². The van der Waals surface area contributed by atoms with Gasteiger partial charge in [-0.25, -0.2) is 0 Å². The van der Waals surface area contributed by atoms with Crippen molar-refractivity contribution >= 4 is 5.91 Å². The van der Waals surface area contributed by atoms with E-state index in [9.17, 15) is 4.79 Å². The van der Waals surface area contributed by atoms with Crippen LogP contribution in [0, 0.1) is 5.92 Å². The highest BCUT2D eigenvalue weighted by Gasteiger charge is 2.30. The van der Waals surface area contributed by atoms with Crippen LogP contribution >= 0.6 is 0 Å². The van der Waals surface area contributed by atoms with E-state index in [0.717, 1.165) is 12.0 Å². The number of aromatic amines is 1. The molecule has 0 saturated carbocycles. The number of rotatable bonds is 3. The largest absolute Gasteiger partial charge is 0.368 e. The van der Waals surface area contributed by atoms with Crippen LogP contribution in [-0.4, -0.2) is 28.8 Å². The smallest absolute Gasteiger partial charge is 0.249 e. The van der Waals surface area contributed by atoms with Crippen molar-refractivity contribution in [3.8, 4) is 0 Å². The van der Waals surface area contributed by atoms with Crippen LogP contribution in [0.1, 0.15) is 18.9 Å². The summed E-state index contributed by atoms with van der Waals surface area (Å²) in [6, 6.07) is 0. The first-order valence-electron chi connectivity index (χ1n) is 5.14. The monoisotopic (exact) mass is 209 g/mol. The maximum atomic E-state index is 11.7. The highest BCUT2D eigenvalue weighted by molar-refractivity contribution is 5.81. The number of hydrogen-bond donors (Lipinski definition) is 2. The average Bonchev–Trinajstić information content (AvgIpc) is 2.84. The van der Waals surface area contributed by atoms with E-state index in [0.29, 0.717) is 19.1 Å². The van der Waals surface area contributed by atoms with Crippen LogP contribution in [0.2, 0.25) is 0 Å². The van der Waals surface area contributed by atoms with Gasteiger partial charge in [0, 0.05) is 24.9 Å². The van der Waals surface area contributed by atoms with E-state index < -0.39 is 0 Å². The molecule has 1 saturated heterocycles. The minimum Gasteiger partial charge on any atom is -0.368 e. The van der Waals surface area contributed by atoms with Crippen LogP contribution in [0.25, 0.3) is 0 Å². The van der Waals surface area contributed by atoms with Gasteiger partial charge in [0.15, 0.2) is 0 Å². The molecule has 1 fully saturated rings. The first kappa shape index (κ1) is 10.2. The summed E-state index contributed by atoms with van der Waals surface area (Å²) in [6.45, 7) is 3.22. The predicted octanol–water partition coefficient (Wildman–Crippen LogP) is 0.451. The summed E-state index contributed by atoms with van der Waals surface area (Å²) in [4.78, 5) is 11.7. The van der Waals surface area contributed by atoms with Crippen molar-refractivity contribution in [1.29, 1.82) is 0 Å². The van der Waals surface area contributed by atoms with Crippen molar-refractivity contribution in [3.63, 3.8) is 0 Å². The number of nitrogens with zero attached hydrogens (tertiary/aromatic N) is 1. The Balaban J connectivity index is 1.82. The molecule has 2 unspecified atom stereocenters. The fourth-order valence-corrected chi connectivity index (χ4v) is 1.69. The van der Waals surface area contributed by atoms with Gasteiger partial charge in [-0.3, -0.25) is 9.89 Å². The third-order valence-corrected chi connectivity index (χ3v) is 2.67. The molecule has 2 N–H and O–H groups in total. The summed E-state index contributed by atoms with van der Waals surface area (Å²) in [5.41, 5.74) is 0.967. The number of nitrogens with one attached hydrogen (secondary N) is 2. The molecule has 15 heavy (non-hydrogen) atoms. The zero-order valence-electron chi connectivity index (χ0n) is 8.69. The molecule has 0 aromatic carbocycles. The van der Waals surface area contributed by atoms with Crippen LogP contribution in [0.3, 0.4) is 0 Å². The topological polar surface area (TPSA) is 67.0 Å². The van der Waals surface area contributed by atoms with Crippen LogP contribution in [0.5, 0.6) is 0 Å². The lowest BCUT2D eigenvalue weighted by molar-refractivity contribution is -0.131. The lowest BCUT2D eigenvalue weighted by atomic mass is 10.0.